The van der Waals surface area contributed by atoms with Crippen molar-refractivity contribution in [3.05, 3.63) is 47.5 Å². The zero-order chi connectivity index (χ0) is 15.1. The lowest BCUT2D eigenvalue weighted by Gasteiger charge is -2.08. The quantitative estimate of drug-likeness (QED) is 0.458. The highest BCUT2D eigenvalue weighted by atomic mass is 31.0. The minimum Gasteiger partial charge on any atom is -0.366 e. The molecule has 0 amide bonds. The zero-order valence-corrected chi connectivity index (χ0v) is 14.4. The molecule has 0 aliphatic heterocycles. The highest BCUT2D eigenvalue weighted by molar-refractivity contribution is 7.09. The fourth-order valence-electron chi connectivity index (χ4n) is 2.79. The Morgan fingerprint density at radius 1 is 0.905 bits per heavy atom. The third kappa shape index (κ3) is 5.41. The first-order valence-corrected chi connectivity index (χ1v) is 8.49. The van der Waals surface area contributed by atoms with Gasteiger partial charge in [-0.2, -0.15) is 0 Å². The molecule has 2 aromatic rings. The predicted molar refractivity (Wildman–Crippen MR) is 95.7 cm³/mol. The molecule has 0 fully saturated rings. The summed E-state index contributed by atoms with van der Waals surface area (Å²) in [4.78, 5) is 0. The Labute approximate surface area is 131 Å². The van der Waals surface area contributed by atoms with E-state index in [2.05, 4.69) is 59.7 Å². The first kappa shape index (κ1) is 16.5. The molecule has 2 aromatic carbocycles. The van der Waals surface area contributed by atoms with Crippen LogP contribution in [-0.4, -0.2) is 6.61 Å². The van der Waals surface area contributed by atoms with Crippen molar-refractivity contribution in [1.82, 2.24) is 0 Å². The van der Waals surface area contributed by atoms with Crippen LogP contribution in [0.15, 0.2) is 36.4 Å². The topological polar surface area (TPSA) is 9.23 Å². The third-order valence-corrected chi connectivity index (χ3v) is 4.08. The summed E-state index contributed by atoms with van der Waals surface area (Å²) in [7, 11) is 2.32. The van der Waals surface area contributed by atoms with E-state index in [1.54, 1.807) is 0 Å². The Morgan fingerprint density at radius 2 is 1.57 bits per heavy atom. The van der Waals surface area contributed by atoms with Crippen LogP contribution in [-0.2, 0) is 17.4 Å². The zero-order valence-electron chi connectivity index (χ0n) is 13.3. The molecule has 0 radical (unpaired) electrons. The van der Waals surface area contributed by atoms with Crippen molar-refractivity contribution in [2.75, 3.05) is 6.61 Å². The summed E-state index contributed by atoms with van der Waals surface area (Å²) in [6, 6.07) is 13.8. The van der Waals surface area contributed by atoms with Gasteiger partial charge in [0.05, 0.1) is 6.61 Å². The second-order valence-corrected chi connectivity index (χ2v) is 6.63. The Balaban J connectivity index is 1.98. The third-order valence-electron chi connectivity index (χ3n) is 3.84. The van der Waals surface area contributed by atoms with Gasteiger partial charge in [-0.1, -0.05) is 56.7 Å². The van der Waals surface area contributed by atoms with Gasteiger partial charge in [0.2, 0.25) is 0 Å². The van der Waals surface area contributed by atoms with Crippen LogP contribution in [0.3, 0.4) is 0 Å². The average molecular weight is 302 g/mol. The SMILES string of the molecule is CC(C)Cc1ccc2cc(CCCCCOP)ccc2c1. The lowest BCUT2D eigenvalue weighted by atomic mass is 9.97. The van der Waals surface area contributed by atoms with Crippen molar-refractivity contribution in [1.29, 1.82) is 0 Å². The molecule has 0 aromatic heterocycles. The number of hydrogen-bond acceptors (Lipinski definition) is 1. The van der Waals surface area contributed by atoms with Crippen molar-refractivity contribution < 1.29 is 4.52 Å². The highest BCUT2D eigenvalue weighted by Crippen LogP contribution is 2.20. The number of fused-ring (bicyclic) bond motifs is 1. The minimum absolute atomic E-state index is 0.715. The number of hydrogen-bond donors (Lipinski definition) is 0. The first-order valence-electron chi connectivity index (χ1n) is 8.02. The molecule has 0 saturated carbocycles. The molecule has 2 heteroatoms. The van der Waals surface area contributed by atoms with Gasteiger partial charge in [-0.05, 0) is 53.5 Å². The van der Waals surface area contributed by atoms with E-state index in [-0.39, 0.29) is 0 Å². The van der Waals surface area contributed by atoms with Gasteiger partial charge >= 0.3 is 0 Å². The minimum atomic E-state index is 0.715. The lowest BCUT2D eigenvalue weighted by molar-refractivity contribution is 0.354. The molecule has 0 aliphatic carbocycles. The van der Waals surface area contributed by atoms with Crippen LogP contribution < -0.4 is 0 Å². The van der Waals surface area contributed by atoms with Gasteiger partial charge in [0.25, 0.3) is 0 Å². The Bertz CT molecular complexity index is 562. The van der Waals surface area contributed by atoms with Gasteiger partial charge in [0.1, 0.15) is 0 Å². The molecular formula is C19H27OP. The van der Waals surface area contributed by atoms with Crippen molar-refractivity contribution in [3.63, 3.8) is 0 Å². The van der Waals surface area contributed by atoms with Gasteiger partial charge in [0, 0.05) is 9.47 Å². The molecule has 0 aliphatic rings. The summed E-state index contributed by atoms with van der Waals surface area (Å²) in [5, 5.41) is 2.74. The molecule has 0 saturated heterocycles. The van der Waals surface area contributed by atoms with E-state index in [1.807, 2.05) is 0 Å². The van der Waals surface area contributed by atoms with E-state index in [0.29, 0.717) is 5.92 Å². The second-order valence-electron chi connectivity index (χ2n) is 6.30. The molecule has 0 spiro atoms. The molecule has 21 heavy (non-hydrogen) atoms. The van der Waals surface area contributed by atoms with Crippen LogP contribution in [0, 0.1) is 5.92 Å². The van der Waals surface area contributed by atoms with Crippen LogP contribution >= 0.6 is 9.47 Å². The normalized spacial score (nSPS) is 11.4. The lowest BCUT2D eigenvalue weighted by Crippen LogP contribution is -1.94. The second kappa shape index (κ2) is 8.51. The maximum atomic E-state index is 5.01. The maximum absolute atomic E-state index is 5.01. The summed E-state index contributed by atoms with van der Waals surface area (Å²) in [5.74, 6) is 0.715. The first-order chi connectivity index (χ1) is 10.2. The van der Waals surface area contributed by atoms with E-state index < -0.39 is 0 Å². The number of aryl methyl sites for hydroxylation is 1. The molecule has 2 rings (SSSR count). The molecule has 0 N–H and O–H groups in total. The van der Waals surface area contributed by atoms with Gasteiger partial charge in [-0.3, -0.25) is 0 Å². The monoisotopic (exact) mass is 302 g/mol. The van der Waals surface area contributed by atoms with E-state index >= 15 is 0 Å². The summed E-state index contributed by atoms with van der Waals surface area (Å²) in [5.41, 5.74) is 2.90. The van der Waals surface area contributed by atoms with Crippen molar-refractivity contribution >= 4 is 20.2 Å². The summed E-state index contributed by atoms with van der Waals surface area (Å²) in [6.45, 7) is 5.39. The van der Waals surface area contributed by atoms with E-state index in [4.69, 9.17) is 4.52 Å². The molecule has 114 valence electrons. The molecule has 1 unspecified atom stereocenters. The van der Waals surface area contributed by atoms with Gasteiger partial charge < -0.3 is 4.52 Å². The Hall–Kier alpha value is -0.910. The summed E-state index contributed by atoms with van der Waals surface area (Å²) < 4.78 is 5.01. The smallest absolute Gasteiger partial charge is 0.0501 e. The van der Waals surface area contributed by atoms with Gasteiger partial charge in [0.15, 0.2) is 0 Å². The van der Waals surface area contributed by atoms with Crippen LogP contribution in [0.1, 0.15) is 44.2 Å². The molecule has 1 nitrogen and oxygen atoms in total. The predicted octanol–water partition coefficient (Wildman–Crippen LogP) is 5.56. The van der Waals surface area contributed by atoms with Crippen LogP contribution in [0.5, 0.6) is 0 Å². The Morgan fingerprint density at radius 3 is 2.24 bits per heavy atom. The van der Waals surface area contributed by atoms with Crippen LogP contribution in [0.4, 0.5) is 0 Å². The number of rotatable bonds is 8. The maximum Gasteiger partial charge on any atom is 0.0501 e. The van der Waals surface area contributed by atoms with Crippen molar-refractivity contribution in [2.24, 2.45) is 5.92 Å². The number of benzene rings is 2. The number of unbranched alkanes of at least 4 members (excludes halogenated alkanes) is 2. The van der Waals surface area contributed by atoms with Crippen molar-refractivity contribution in [3.8, 4) is 0 Å². The van der Waals surface area contributed by atoms with E-state index in [0.717, 1.165) is 19.4 Å². The van der Waals surface area contributed by atoms with Crippen LogP contribution in [0.2, 0.25) is 0 Å². The highest BCUT2D eigenvalue weighted by Gasteiger charge is 2.01. The standard InChI is InChI=1S/C19H27OP/c1-15(2)12-17-8-10-18-13-16(7-9-19(18)14-17)6-4-3-5-11-20-21/h7-10,13-15H,3-6,11-12,21H2,1-2H3. The largest absolute Gasteiger partial charge is 0.366 e. The average Bonchev–Trinajstić information content (AvgIpc) is 2.46. The van der Waals surface area contributed by atoms with Crippen LogP contribution in [0.25, 0.3) is 10.8 Å². The van der Waals surface area contributed by atoms with Crippen molar-refractivity contribution in [2.45, 2.75) is 46.0 Å². The molecule has 0 heterocycles. The van der Waals surface area contributed by atoms with Gasteiger partial charge in [-0.15, -0.1) is 0 Å². The van der Waals surface area contributed by atoms with E-state index in [9.17, 15) is 0 Å². The summed E-state index contributed by atoms with van der Waals surface area (Å²) in [6.07, 6.45) is 5.95. The summed E-state index contributed by atoms with van der Waals surface area (Å²) >= 11 is 0. The van der Waals surface area contributed by atoms with E-state index in [1.165, 1.54) is 41.2 Å². The fourth-order valence-corrected chi connectivity index (χ4v) is 2.96. The Kier molecular flexibility index (Phi) is 6.67. The fraction of sp³-hybridized carbons (Fsp3) is 0.474. The van der Waals surface area contributed by atoms with Gasteiger partial charge in [-0.25, -0.2) is 0 Å². The molecule has 0 bridgehead atoms. The molecule has 1 atom stereocenters. The molecular weight excluding hydrogens is 275 g/mol.